The van der Waals surface area contributed by atoms with Crippen molar-refractivity contribution in [2.24, 2.45) is 0 Å². The zero-order valence-corrected chi connectivity index (χ0v) is 34.6. The maximum Gasteiger partial charge on any atom is 0.167 e. The summed E-state index contributed by atoms with van der Waals surface area (Å²) in [6.07, 6.45) is 0. The number of furan rings is 1. The molecule has 0 unspecified atom stereocenters. The zero-order chi connectivity index (χ0) is 41.4. The minimum Gasteiger partial charge on any atom is -0.455 e. The standard InChI is InChI=1S/C57H34N4OS/c1-3-15-35(16-4-1)37-19-13-20-38(31-37)41-24-14-27-50-53(41)46-33-40(61-48-25-10-7-21-42(48)43-22-8-11-26-49(43)61)34-47(54(46)62-50)57-59-55(36-17-5-2-6-18-36)58-56(60-57)39-29-30-52-45(32-39)44-23-9-12-28-51(44)63-52/h1-34H. The van der Waals surface area contributed by atoms with Crippen molar-refractivity contribution < 1.29 is 4.42 Å². The Balaban J connectivity index is 1.11. The van der Waals surface area contributed by atoms with Crippen molar-refractivity contribution in [3.8, 4) is 62.1 Å². The molecule has 5 nitrogen and oxygen atoms in total. The van der Waals surface area contributed by atoms with Gasteiger partial charge in [-0.3, -0.25) is 0 Å². The number of benzene rings is 9. The summed E-state index contributed by atoms with van der Waals surface area (Å²) in [6, 6.07) is 72.7. The van der Waals surface area contributed by atoms with Gasteiger partial charge < -0.3 is 8.98 Å². The summed E-state index contributed by atoms with van der Waals surface area (Å²) >= 11 is 1.80. The molecule has 13 aromatic rings. The first-order valence-corrected chi connectivity index (χ1v) is 21.9. The van der Waals surface area contributed by atoms with Crippen molar-refractivity contribution in [2.45, 2.75) is 0 Å². The molecular formula is C57H34N4OS. The monoisotopic (exact) mass is 822 g/mol. The highest BCUT2D eigenvalue weighted by atomic mass is 32.1. The number of thiophene rings is 1. The fourth-order valence-corrected chi connectivity index (χ4v) is 10.4. The molecule has 0 aliphatic carbocycles. The van der Waals surface area contributed by atoms with Crippen LogP contribution in [0.3, 0.4) is 0 Å². The van der Waals surface area contributed by atoms with Crippen molar-refractivity contribution >= 4 is 75.3 Å². The molecule has 0 saturated carbocycles. The van der Waals surface area contributed by atoms with Gasteiger partial charge in [-0.05, 0) is 82.9 Å². The summed E-state index contributed by atoms with van der Waals surface area (Å²) in [5.41, 5.74) is 11.9. The smallest absolute Gasteiger partial charge is 0.167 e. The SMILES string of the molecule is c1ccc(-c2cccc(-c3cccc4oc5c(-c6nc(-c7ccccc7)nc(-c7ccc8sc9ccccc9c8c7)n6)cc(-n6c7ccccc7c7ccccc76)cc5c34)c2)cc1. The lowest BCUT2D eigenvalue weighted by molar-refractivity contribution is 0.669. The van der Waals surface area contributed by atoms with Crippen molar-refractivity contribution in [1.29, 1.82) is 0 Å². The number of fused-ring (bicyclic) bond motifs is 9. The molecule has 0 atom stereocenters. The lowest BCUT2D eigenvalue weighted by Gasteiger charge is -2.13. The summed E-state index contributed by atoms with van der Waals surface area (Å²) in [5.74, 6) is 1.73. The van der Waals surface area contributed by atoms with E-state index in [-0.39, 0.29) is 0 Å². The molecule has 0 aliphatic heterocycles. The van der Waals surface area contributed by atoms with E-state index in [4.69, 9.17) is 19.4 Å². The van der Waals surface area contributed by atoms with Gasteiger partial charge in [0, 0.05) is 58.5 Å². The van der Waals surface area contributed by atoms with Crippen LogP contribution in [0, 0.1) is 0 Å². The Bertz CT molecular complexity index is 3870. The van der Waals surface area contributed by atoms with Crippen LogP contribution in [0.5, 0.6) is 0 Å². The van der Waals surface area contributed by atoms with E-state index in [9.17, 15) is 0 Å². The summed E-state index contributed by atoms with van der Waals surface area (Å²) in [5, 5.41) is 6.81. The second-order valence-electron chi connectivity index (χ2n) is 15.9. The number of aromatic nitrogens is 4. The second-order valence-corrected chi connectivity index (χ2v) is 17.0. The van der Waals surface area contributed by atoms with Crippen LogP contribution >= 0.6 is 11.3 Å². The third-order valence-electron chi connectivity index (χ3n) is 12.2. The Labute approximate surface area is 365 Å². The third-order valence-corrected chi connectivity index (χ3v) is 13.4. The van der Waals surface area contributed by atoms with E-state index < -0.39 is 0 Å². The summed E-state index contributed by atoms with van der Waals surface area (Å²) in [4.78, 5) is 15.9. The minimum absolute atomic E-state index is 0.536. The summed E-state index contributed by atoms with van der Waals surface area (Å²) in [6.45, 7) is 0. The van der Waals surface area contributed by atoms with Gasteiger partial charge in [-0.15, -0.1) is 11.3 Å². The van der Waals surface area contributed by atoms with Gasteiger partial charge in [0.15, 0.2) is 17.5 Å². The van der Waals surface area contributed by atoms with Gasteiger partial charge >= 0.3 is 0 Å². The van der Waals surface area contributed by atoms with E-state index in [1.165, 1.54) is 36.5 Å². The van der Waals surface area contributed by atoms with E-state index in [0.717, 1.165) is 72.0 Å². The van der Waals surface area contributed by atoms with Gasteiger partial charge in [-0.1, -0.05) is 146 Å². The Hall–Kier alpha value is -8.19. The third kappa shape index (κ3) is 5.80. The average Bonchev–Trinajstić information content (AvgIpc) is 4.04. The first-order valence-electron chi connectivity index (χ1n) is 21.1. The molecule has 0 amide bonds. The summed E-state index contributed by atoms with van der Waals surface area (Å²) < 4.78 is 11.9. The number of rotatable bonds is 6. The largest absolute Gasteiger partial charge is 0.455 e. The van der Waals surface area contributed by atoms with Crippen LogP contribution in [0.4, 0.5) is 0 Å². The lowest BCUT2D eigenvalue weighted by atomic mass is 9.95. The number of hydrogen-bond acceptors (Lipinski definition) is 5. The fraction of sp³-hybridized carbons (Fsp3) is 0. The molecule has 0 saturated heterocycles. The van der Waals surface area contributed by atoms with E-state index in [2.05, 4.69) is 193 Å². The van der Waals surface area contributed by atoms with E-state index in [1.54, 1.807) is 11.3 Å². The zero-order valence-electron chi connectivity index (χ0n) is 33.7. The molecule has 63 heavy (non-hydrogen) atoms. The average molecular weight is 823 g/mol. The molecule has 0 bridgehead atoms. The molecule has 4 heterocycles. The van der Waals surface area contributed by atoms with Crippen molar-refractivity contribution in [2.75, 3.05) is 0 Å². The van der Waals surface area contributed by atoms with E-state index in [0.29, 0.717) is 17.5 Å². The highest BCUT2D eigenvalue weighted by molar-refractivity contribution is 7.25. The maximum absolute atomic E-state index is 7.04. The van der Waals surface area contributed by atoms with Crippen LogP contribution in [0.1, 0.15) is 0 Å². The van der Waals surface area contributed by atoms with Crippen molar-refractivity contribution in [3.63, 3.8) is 0 Å². The van der Waals surface area contributed by atoms with E-state index >= 15 is 0 Å². The number of hydrogen-bond donors (Lipinski definition) is 0. The van der Waals surface area contributed by atoms with E-state index in [1.807, 2.05) is 18.2 Å². The topological polar surface area (TPSA) is 56.7 Å². The lowest BCUT2D eigenvalue weighted by Crippen LogP contribution is -2.01. The first-order chi connectivity index (χ1) is 31.2. The van der Waals surface area contributed by atoms with Crippen LogP contribution in [0.25, 0.3) is 126 Å². The van der Waals surface area contributed by atoms with Gasteiger partial charge in [0.25, 0.3) is 0 Å². The Morgan fingerprint density at radius 2 is 0.968 bits per heavy atom. The fourth-order valence-electron chi connectivity index (χ4n) is 9.35. The van der Waals surface area contributed by atoms with Crippen LogP contribution in [-0.4, -0.2) is 19.5 Å². The van der Waals surface area contributed by atoms with Gasteiger partial charge in [0.2, 0.25) is 0 Å². The van der Waals surface area contributed by atoms with Crippen molar-refractivity contribution in [3.05, 3.63) is 206 Å². The molecule has 13 rings (SSSR count). The highest BCUT2D eigenvalue weighted by Crippen LogP contribution is 2.44. The van der Waals surface area contributed by atoms with Crippen LogP contribution < -0.4 is 0 Å². The quantitative estimate of drug-likeness (QED) is 0.168. The molecule has 0 aliphatic rings. The molecule has 9 aromatic carbocycles. The number of nitrogens with zero attached hydrogens (tertiary/aromatic N) is 4. The van der Waals surface area contributed by atoms with Gasteiger partial charge in [0.1, 0.15) is 11.2 Å². The highest BCUT2D eigenvalue weighted by Gasteiger charge is 2.23. The predicted octanol–water partition coefficient (Wildman–Crippen LogP) is 15.6. The molecular weight excluding hydrogens is 789 g/mol. The molecule has 4 aromatic heterocycles. The molecule has 6 heteroatoms. The van der Waals surface area contributed by atoms with Crippen molar-refractivity contribution in [1.82, 2.24) is 19.5 Å². The Morgan fingerprint density at radius 3 is 1.75 bits per heavy atom. The second kappa shape index (κ2) is 14.2. The number of para-hydroxylation sites is 2. The minimum atomic E-state index is 0.536. The molecule has 294 valence electrons. The maximum atomic E-state index is 7.04. The normalized spacial score (nSPS) is 11.8. The first kappa shape index (κ1) is 35.6. The summed E-state index contributed by atoms with van der Waals surface area (Å²) in [7, 11) is 0. The van der Waals surface area contributed by atoms with Gasteiger partial charge in [-0.25, -0.2) is 15.0 Å². The van der Waals surface area contributed by atoms with Gasteiger partial charge in [-0.2, -0.15) is 0 Å². The molecule has 0 fully saturated rings. The molecule has 0 spiro atoms. The van der Waals surface area contributed by atoms with Gasteiger partial charge in [0.05, 0.1) is 16.6 Å². The molecule has 0 N–H and O–H groups in total. The van der Waals surface area contributed by atoms with Crippen LogP contribution in [-0.2, 0) is 0 Å². The van der Waals surface area contributed by atoms with Crippen LogP contribution in [0.2, 0.25) is 0 Å². The molecule has 0 radical (unpaired) electrons. The predicted molar refractivity (Wildman–Crippen MR) is 262 cm³/mol. The Morgan fingerprint density at radius 1 is 0.365 bits per heavy atom. The van der Waals surface area contributed by atoms with Crippen LogP contribution in [0.15, 0.2) is 211 Å². The Kier molecular flexibility index (Phi) is 8.01.